The van der Waals surface area contributed by atoms with Gasteiger partial charge in [-0.15, -0.1) is 19.0 Å². The van der Waals surface area contributed by atoms with Gasteiger partial charge in [0, 0.05) is 37.8 Å². The number of benzene rings is 1. The lowest BCUT2D eigenvalue weighted by molar-refractivity contribution is 0.156. The summed E-state index contributed by atoms with van der Waals surface area (Å²) in [7, 11) is 0. The molecule has 1 aliphatic rings. The van der Waals surface area contributed by atoms with Crippen molar-refractivity contribution in [2.24, 2.45) is 0 Å². The first-order valence-electron chi connectivity index (χ1n) is 8.15. The van der Waals surface area contributed by atoms with E-state index in [4.69, 9.17) is 0 Å². The number of piperazine rings is 1. The van der Waals surface area contributed by atoms with Crippen LogP contribution in [0.2, 0.25) is 0 Å². The zero-order chi connectivity index (χ0) is 15.9. The summed E-state index contributed by atoms with van der Waals surface area (Å²) in [5, 5.41) is 3.30. The van der Waals surface area contributed by atoms with Gasteiger partial charge in [-0.2, -0.15) is 0 Å². The zero-order valence-corrected chi connectivity index (χ0v) is 14.6. The Balaban J connectivity index is 0.00000264. The van der Waals surface area contributed by atoms with Crippen LogP contribution in [0.15, 0.2) is 24.8 Å². The predicted molar refractivity (Wildman–Crippen MR) is 94.2 cm³/mol. The van der Waals surface area contributed by atoms with E-state index in [1.807, 2.05) is 6.08 Å². The molecule has 1 fully saturated rings. The van der Waals surface area contributed by atoms with E-state index in [2.05, 4.69) is 16.8 Å². The number of nitrogens with one attached hydrogen (secondary N) is 1. The molecule has 1 aromatic carbocycles. The molecule has 0 aliphatic carbocycles. The molecule has 0 saturated carbocycles. The third-order valence-corrected chi connectivity index (χ3v) is 4.38. The second-order valence-electron chi connectivity index (χ2n) is 5.97. The Hall–Kier alpha value is -0.970. The number of nitrogens with zero attached hydrogens (tertiary/aromatic N) is 1. The van der Waals surface area contributed by atoms with Gasteiger partial charge in [-0.3, -0.25) is 4.90 Å². The van der Waals surface area contributed by atoms with Gasteiger partial charge in [0.2, 0.25) is 0 Å². The van der Waals surface area contributed by atoms with Gasteiger partial charge in [-0.25, -0.2) is 8.78 Å². The minimum atomic E-state index is -0.421. The van der Waals surface area contributed by atoms with Crippen molar-refractivity contribution in [2.45, 2.75) is 38.6 Å². The molecule has 5 heteroatoms. The Labute approximate surface area is 144 Å². The molecule has 1 aliphatic heterocycles. The van der Waals surface area contributed by atoms with Crippen LogP contribution in [-0.4, -0.2) is 31.1 Å². The largest absolute Gasteiger partial charge is 0.314 e. The minimum Gasteiger partial charge on any atom is -0.314 e. The van der Waals surface area contributed by atoms with E-state index in [0.29, 0.717) is 5.56 Å². The predicted octanol–water partition coefficient (Wildman–Crippen LogP) is 4.39. The summed E-state index contributed by atoms with van der Waals surface area (Å²) in [6.45, 7) is 8.84. The average Bonchev–Trinajstić information content (AvgIpc) is 2.54. The van der Waals surface area contributed by atoms with Gasteiger partial charge >= 0.3 is 0 Å². The molecule has 0 bridgehead atoms. The highest BCUT2D eigenvalue weighted by molar-refractivity contribution is 5.85. The lowest BCUT2D eigenvalue weighted by atomic mass is 9.95. The fourth-order valence-electron chi connectivity index (χ4n) is 3.11. The summed E-state index contributed by atoms with van der Waals surface area (Å²) >= 11 is 0. The first-order chi connectivity index (χ1) is 10.6. The van der Waals surface area contributed by atoms with Crippen LogP contribution in [0, 0.1) is 18.6 Å². The molecule has 0 aromatic heterocycles. The highest BCUT2D eigenvalue weighted by atomic mass is 35.5. The van der Waals surface area contributed by atoms with E-state index in [0.717, 1.165) is 51.9 Å². The SMILES string of the molecule is C=CCCCC[C@H](c1c(F)ccc(C)c1F)N1CCNCC1.Cl. The maximum atomic E-state index is 14.5. The lowest BCUT2D eigenvalue weighted by Crippen LogP contribution is -2.45. The summed E-state index contributed by atoms with van der Waals surface area (Å²) in [6.07, 6.45) is 5.60. The highest BCUT2D eigenvalue weighted by Gasteiger charge is 2.27. The number of halogens is 3. The van der Waals surface area contributed by atoms with Crippen molar-refractivity contribution < 1.29 is 8.78 Å². The molecule has 1 aromatic rings. The number of hydrogen-bond donors (Lipinski definition) is 1. The smallest absolute Gasteiger partial charge is 0.133 e. The van der Waals surface area contributed by atoms with E-state index in [1.165, 1.54) is 12.1 Å². The first kappa shape index (κ1) is 20.1. The van der Waals surface area contributed by atoms with Crippen LogP contribution < -0.4 is 5.32 Å². The molecule has 2 rings (SSSR count). The molecule has 2 nitrogen and oxygen atoms in total. The van der Waals surface area contributed by atoms with Crippen LogP contribution >= 0.6 is 12.4 Å². The van der Waals surface area contributed by atoms with Crippen molar-refractivity contribution in [3.05, 3.63) is 47.5 Å². The van der Waals surface area contributed by atoms with Gasteiger partial charge in [-0.05, 0) is 37.8 Å². The van der Waals surface area contributed by atoms with Gasteiger partial charge in [0.15, 0.2) is 0 Å². The van der Waals surface area contributed by atoms with E-state index in [-0.39, 0.29) is 29.8 Å². The van der Waals surface area contributed by atoms with Gasteiger partial charge in [-0.1, -0.05) is 18.6 Å². The summed E-state index contributed by atoms with van der Waals surface area (Å²) in [6, 6.07) is 2.74. The van der Waals surface area contributed by atoms with E-state index >= 15 is 0 Å². The molecule has 130 valence electrons. The molecule has 23 heavy (non-hydrogen) atoms. The van der Waals surface area contributed by atoms with Gasteiger partial charge < -0.3 is 5.32 Å². The van der Waals surface area contributed by atoms with Crippen LogP contribution in [0.5, 0.6) is 0 Å². The maximum absolute atomic E-state index is 14.5. The zero-order valence-electron chi connectivity index (χ0n) is 13.8. The van der Waals surface area contributed by atoms with Crippen LogP contribution in [0.25, 0.3) is 0 Å². The molecule has 0 radical (unpaired) electrons. The third-order valence-electron chi connectivity index (χ3n) is 4.38. The number of aryl methyl sites for hydroxylation is 1. The number of hydrogen-bond acceptors (Lipinski definition) is 2. The molecule has 1 atom stereocenters. The van der Waals surface area contributed by atoms with E-state index in [9.17, 15) is 8.78 Å². The molecule has 1 N–H and O–H groups in total. The van der Waals surface area contributed by atoms with Crippen LogP contribution in [-0.2, 0) is 0 Å². The summed E-state index contributed by atoms with van der Waals surface area (Å²) < 4.78 is 28.9. The molecule has 0 amide bonds. The average molecular weight is 345 g/mol. The van der Waals surface area contributed by atoms with Crippen molar-refractivity contribution in [3.8, 4) is 0 Å². The molecule has 1 saturated heterocycles. The summed E-state index contributed by atoms with van der Waals surface area (Å²) in [5.74, 6) is -0.803. The van der Waals surface area contributed by atoms with Crippen molar-refractivity contribution in [2.75, 3.05) is 26.2 Å². The summed E-state index contributed by atoms with van der Waals surface area (Å²) in [4.78, 5) is 2.21. The second-order valence-corrected chi connectivity index (χ2v) is 5.97. The highest BCUT2D eigenvalue weighted by Crippen LogP contribution is 2.32. The third kappa shape index (κ3) is 5.27. The molecule has 0 spiro atoms. The van der Waals surface area contributed by atoms with Gasteiger partial charge in [0.25, 0.3) is 0 Å². The Morgan fingerprint density at radius 3 is 2.61 bits per heavy atom. The normalized spacial score (nSPS) is 16.7. The standard InChI is InChI=1S/C18H26F2N2.ClH/c1-3-4-5-6-7-16(22-12-10-21-11-13-22)17-15(19)9-8-14(2)18(17)20;/h3,8-9,16,21H,1,4-7,10-13H2,2H3;1H/t16-;/m1./s1. The van der Waals surface area contributed by atoms with Crippen LogP contribution in [0.3, 0.4) is 0 Å². The fourth-order valence-corrected chi connectivity index (χ4v) is 3.11. The Kier molecular flexibility index (Phi) is 8.74. The van der Waals surface area contributed by atoms with Crippen LogP contribution in [0.1, 0.15) is 42.9 Å². The molecule has 1 heterocycles. The van der Waals surface area contributed by atoms with Crippen LogP contribution in [0.4, 0.5) is 8.78 Å². The number of rotatable bonds is 7. The first-order valence-corrected chi connectivity index (χ1v) is 8.15. The van der Waals surface area contributed by atoms with Gasteiger partial charge in [0.1, 0.15) is 11.6 Å². The Morgan fingerprint density at radius 2 is 1.96 bits per heavy atom. The topological polar surface area (TPSA) is 15.3 Å². The van der Waals surface area contributed by atoms with Crippen molar-refractivity contribution in [3.63, 3.8) is 0 Å². The van der Waals surface area contributed by atoms with E-state index in [1.54, 1.807) is 6.92 Å². The van der Waals surface area contributed by atoms with Crippen molar-refractivity contribution in [1.29, 1.82) is 0 Å². The monoisotopic (exact) mass is 344 g/mol. The number of unbranched alkanes of at least 4 members (excludes halogenated alkanes) is 2. The number of allylic oxidation sites excluding steroid dienone is 1. The van der Waals surface area contributed by atoms with E-state index < -0.39 is 5.82 Å². The fraction of sp³-hybridized carbons (Fsp3) is 0.556. The molecule has 0 unspecified atom stereocenters. The Bertz CT molecular complexity index is 502. The Morgan fingerprint density at radius 1 is 1.26 bits per heavy atom. The summed E-state index contributed by atoms with van der Waals surface area (Å²) in [5.41, 5.74) is 0.767. The second kappa shape index (κ2) is 10.0. The van der Waals surface area contributed by atoms with Gasteiger partial charge in [0.05, 0.1) is 0 Å². The quantitative estimate of drug-likeness (QED) is 0.583. The maximum Gasteiger partial charge on any atom is 0.133 e. The molecular formula is C18H27ClF2N2. The van der Waals surface area contributed by atoms with Crippen molar-refractivity contribution in [1.82, 2.24) is 10.2 Å². The lowest BCUT2D eigenvalue weighted by Gasteiger charge is -2.35. The molecular weight excluding hydrogens is 318 g/mol. The van der Waals surface area contributed by atoms with Crippen molar-refractivity contribution >= 4 is 12.4 Å². The minimum absolute atomic E-state index is 0.